The van der Waals surface area contributed by atoms with E-state index in [2.05, 4.69) is 18.3 Å². The second-order valence-electron chi connectivity index (χ2n) is 5.30. The van der Waals surface area contributed by atoms with E-state index in [1.54, 1.807) is 11.9 Å². The first kappa shape index (κ1) is 14.6. The highest BCUT2D eigenvalue weighted by molar-refractivity contribution is 5.96. The number of carbonyl (C=O) groups is 2. The Kier molecular flexibility index (Phi) is 4.77. The molecule has 108 valence electrons. The number of rotatable bonds is 5. The van der Waals surface area contributed by atoms with Crippen LogP contribution in [0.4, 0.5) is 5.69 Å². The van der Waals surface area contributed by atoms with Crippen molar-refractivity contribution < 1.29 is 9.59 Å². The van der Waals surface area contributed by atoms with Gasteiger partial charge in [-0.15, -0.1) is 0 Å². The Morgan fingerprint density at radius 2 is 2.15 bits per heavy atom. The number of nitrogens with one attached hydrogen (secondary N) is 1. The number of carbonyl (C=O) groups excluding carboxylic acids is 2. The molecule has 0 aliphatic carbocycles. The number of benzene rings is 1. The zero-order valence-electron chi connectivity index (χ0n) is 12.2. The van der Waals surface area contributed by atoms with Gasteiger partial charge in [-0.3, -0.25) is 9.59 Å². The van der Waals surface area contributed by atoms with Crippen LogP contribution in [0.25, 0.3) is 0 Å². The van der Waals surface area contributed by atoms with Gasteiger partial charge in [-0.1, -0.05) is 25.5 Å². The third kappa shape index (κ3) is 3.38. The molecule has 20 heavy (non-hydrogen) atoms. The van der Waals surface area contributed by atoms with Gasteiger partial charge in [0.2, 0.25) is 11.8 Å². The van der Waals surface area contributed by atoms with E-state index in [0.717, 1.165) is 42.6 Å². The van der Waals surface area contributed by atoms with E-state index >= 15 is 0 Å². The smallest absolute Gasteiger partial charge is 0.227 e. The zero-order valence-corrected chi connectivity index (χ0v) is 12.2. The predicted molar refractivity (Wildman–Crippen MR) is 79.8 cm³/mol. The topological polar surface area (TPSA) is 49.4 Å². The molecule has 0 fully saturated rings. The molecule has 0 aromatic heterocycles. The summed E-state index contributed by atoms with van der Waals surface area (Å²) in [6, 6.07) is 5.94. The lowest BCUT2D eigenvalue weighted by Crippen LogP contribution is -2.31. The first-order valence-corrected chi connectivity index (χ1v) is 7.27. The third-order valence-corrected chi connectivity index (χ3v) is 3.70. The molecule has 2 amide bonds. The molecular weight excluding hydrogens is 252 g/mol. The molecule has 0 saturated carbocycles. The van der Waals surface area contributed by atoms with Crippen LogP contribution in [0.15, 0.2) is 18.2 Å². The number of nitrogens with zero attached hydrogens (tertiary/aromatic N) is 1. The van der Waals surface area contributed by atoms with Crippen molar-refractivity contribution in [1.29, 1.82) is 0 Å². The Hall–Kier alpha value is -1.84. The molecular formula is C16H22N2O2. The van der Waals surface area contributed by atoms with Gasteiger partial charge in [-0.2, -0.15) is 0 Å². The van der Waals surface area contributed by atoms with Crippen molar-refractivity contribution in [2.24, 2.45) is 0 Å². The van der Waals surface area contributed by atoms with Gasteiger partial charge in [0.1, 0.15) is 0 Å². The first-order chi connectivity index (χ1) is 9.61. The Balaban J connectivity index is 2.01. The van der Waals surface area contributed by atoms with Gasteiger partial charge in [0.15, 0.2) is 0 Å². The van der Waals surface area contributed by atoms with Crippen molar-refractivity contribution in [2.75, 3.05) is 18.5 Å². The molecule has 4 heteroatoms. The van der Waals surface area contributed by atoms with Gasteiger partial charge < -0.3 is 10.2 Å². The highest BCUT2D eigenvalue weighted by Crippen LogP contribution is 2.27. The fourth-order valence-electron chi connectivity index (χ4n) is 2.47. The molecule has 1 aromatic carbocycles. The summed E-state index contributed by atoms with van der Waals surface area (Å²) in [5.74, 6) is 0.223. The SMILES string of the molecule is CCCCNC(=O)Cc1ccc2c(c1)CCC(=O)N2C. The van der Waals surface area contributed by atoms with Crippen LogP contribution in [0.1, 0.15) is 37.3 Å². The van der Waals surface area contributed by atoms with Crippen molar-refractivity contribution in [3.05, 3.63) is 29.3 Å². The fraction of sp³-hybridized carbons (Fsp3) is 0.500. The van der Waals surface area contributed by atoms with Gasteiger partial charge in [0.25, 0.3) is 0 Å². The van der Waals surface area contributed by atoms with E-state index in [0.29, 0.717) is 12.8 Å². The van der Waals surface area contributed by atoms with Crippen molar-refractivity contribution >= 4 is 17.5 Å². The first-order valence-electron chi connectivity index (χ1n) is 7.27. The number of unbranched alkanes of at least 4 members (excludes halogenated alkanes) is 1. The van der Waals surface area contributed by atoms with Crippen LogP contribution in [0.3, 0.4) is 0 Å². The van der Waals surface area contributed by atoms with E-state index < -0.39 is 0 Å². The second-order valence-corrected chi connectivity index (χ2v) is 5.30. The molecule has 0 unspecified atom stereocenters. The molecule has 1 heterocycles. The summed E-state index contributed by atoms with van der Waals surface area (Å²) in [6.07, 6.45) is 3.83. The van der Waals surface area contributed by atoms with E-state index in [1.165, 1.54) is 0 Å². The molecule has 1 aromatic rings. The summed E-state index contributed by atoms with van der Waals surface area (Å²) in [4.78, 5) is 25.1. The van der Waals surface area contributed by atoms with Gasteiger partial charge in [0, 0.05) is 25.7 Å². The van der Waals surface area contributed by atoms with Crippen molar-refractivity contribution in [2.45, 2.75) is 39.0 Å². The normalized spacial score (nSPS) is 14.1. The quantitative estimate of drug-likeness (QED) is 0.835. The second kappa shape index (κ2) is 6.55. The Labute approximate surface area is 120 Å². The fourth-order valence-corrected chi connectivity index (χ4v) is 2.47. The molecule has 0 saturated heterocycles. The predicted octanol–water partition coefficient (Wildman–Crippen LogP) is 2.05. The molecule has 2 rings (SSSR count). The van der Waals surface area contributed by atoms with E-state index in [9.17, 15) is 9.59 Å². The summed E-state index contributed by atoms with van der Waals surface area (Å²) in [6.45, 7) is 2.85. The van der Waals surface area contributed by atoms with Gasteiger partial charge in [-0.05, 0) is 30.0 Å². The monoisotopic (exact) mass is 274 g/mol. The van der Waals surface area contributed by atoms with Crippen LogP contribution in [-0.4, -0.2) is 25.4 Å². The summed E-state index contributed by atoms with van der Waals surface area (Å²) in [5.41, 5.74) is 3.14. The number of fused-ring (bicyclic) bond motifs is 1. The molecule has 0 bridgehead atoms. The van der Waals surface area contributed by atoms with Gasteiger partial charge in [0.05, 0.1) is 6.42 Å². The van der Waals surface area contributed by atoms with Crippen LogP contribution in [0, 0.1) is 0 Å². The minimum atomic E-state index is 0.0682. The summed E-state index contributed by atoms with van der Waals surface area (Å²) < 4.78 is 0. The van der Waals surface area contributed by atoms with E-state index in [1.807, 2.05) is 12.1 Å². The summed E-state index contributed by atoms with van der Waals surface area (Å²) in [5, 5.41) is 2.92. The molecule has 0 radical (unpaired) electrons. The van der Waals surface area contributed by atoms with Crippen LogP contribution < -0.4 is 10.2 Å². The van der Waals surface area contributed by atoms with Gasteiger partial charge >= 0.3 is 0 Å². The van der Waals surface area contributed by atoms with Crippen LogP contribution in [0.5, 0.6) is 0 Å². The van der Waals surface area contributed by atoms with Crippen LogP contribution in [-0.2, 0) is 22.4 Å². The van der Waals surface area contributed by atoms with Crippen molar-refractivity contribution in [3.63, 3.8) is 0 Å². The number of hydrogen-bond acceptors (Lipinski definition) is 2. The van der Waals surface area contributed by atoms with E-state index in [4.69, 9.17) is 0 Å². The highest BCUT2D eigenvalue weighted by atomic mass is 16.2. The van der Waals surface area contributed by atoms with Crippen molar-refractivity contribution in [3.8, 4) is 0 Å². The zero-order chi connectivity index (χ0) is 14.5. The average molecular weight is 274 g/mol. The summed E-state index contributed by atoms with van der Waals surface area (Å²) >= 11 is 0. The number of hydrogen-bond donors (Lipinski definition) is 1. The van der Waals surface area contributed by atoms with E-state index in [-0.39, 0.29) is 11.8 Å². The lowest BCUT2D eigenvalue weighted by molar-refractivity contribution is -0.120. The molecule has 4 nitrogen and oxygen atoms in total. The van der Waals surface area contributed by atoms with Crippen LogP contribution >= 0.6 is 0 Å². The molecule has 1 aliphatic rings. The Morgan fingerprint density at radius 1 is 1.35 bits per heavy atom. The standard InChI is InChI=1S/C16H22N2O2/c1-3-4-9-17-15(19)11-12-5-7-14-13(10-12)6-8-16(20)18(14)2/h5,7,10H,3-4,6,8-9,11H2,1-2H3,(H,17,19). The maximum Gasteiger partial charge on any atom is 0.227 e. The van der Waals surface area contributed by atoms with Crippen molar-refractivity contribution in [1.82, 2.24) is 5.32 Å². The Bertz CT molecular complexity index is 511. The lowest BCUT2D eigenvalue weighted by atomic mass is 9.98. The lowest BCUT2D eigenvalue weighted by Gasteiger charge is -2.26. The number of anilines is 1. The highest BCUT2D eigenvalue weighted by Gasteiger charge is 2.20. The molecule has 1 aliphatic heterocycles. The minimum absolute atomic E-state index is 0.0682. The molecule has 0 spiro atoms. The molecule has 0 atom stereocenters. The minimum Gasteiger partial charge on any atom is -0.356 e. The van der Waals surface area contributed by atoms with Crippen LogP contribution in [0.2, 0.25) is 0 Å². The summed E-state index contributed by atoms with van der Waals surface area (Å²) in [7, 11) is 1.80. The number of aryl methyl sites for hydroxylation is 1. The van der Waals surface area contributed by atoms with Gasteiger partial charge in [-0.25, -0.2) is 0 Å². The maximum atomic E-state index is 11.8. The Morgan fingerprint density at radius 3 is 2.90 bits per heavy atom. The third-order valence-electron chi connectivity index (χ3n) is 3.70. The molecule has 1 N–H and O–H groups in total. The average Bonchev–Trinajstić information content (AvgIpc) is 2.43. The largest absolute Gasteiger partial charge is 0.356 e. The number of amides is 2. The maximum absolute atomic E-state index is 11.8.